The third kappa shape index (κ3) is 3.04. The molecule has 2 aliphatic rings. The quantitative estimate of drug-likeness (QED) is 0.874. The highest BCUT2D eigenvalue weighted by atomic mass is 19.1. The van der Waals surface area contributed by atoms with Gasteiger partial charge < -0.3 is 14.8 Å². The molecule has 0 spiro atoms. The minimum Gasteiger partial charge on any atom is -0.384 e. The Labute approximate surface area is 157 Å². The number of hydrogen-bond acceptors (Lipinski definition) is 4. The average molecular weight is 373 g/mol. The summed E-state index contributed by atoms with van der Waals surface area (Å²) in [4.78, 5) is 13.0. The molecule has 1 aromatic carbocycles. The predicted molar refractivity (Wildman–Crippen MR) is 97.5 cm³/mol. The second kappa shape index (κ2) is 7.05. The van der Waals surface area contributed by atoms with Gasteiger partial charge in [0.05, 0.1) is 35.3 Å². The molecule has 2 fully saturated rings. The first kappa shape index (κ1) is 18.1. The van der Waals surface area contributed by atoms with E-state index in [1.165, 1.54) is 12.1 Å². The van der Waals surface area contributed by atoms with E-state index in [2.05, 4.69) is 10.4 Å². The summed E-state index contributed by atoms with van der Waals surface area (Å²) in [5.74, 6) is 0.0941. The number of nitrogens with one attached hydrogen (secondary N) is 1. The third-order valence-electron chi connectivity index (χ3n) is 5.77. The minimum atomic E-state index is -0.305. The molecule has 2 heterocycles. The Hall–Kier alpha value is -2.25. The van der Waals surface area contributed by atoms with Gasteiger partial charge in [0.1, 0.15) is 5.82 Å². The Morgan fingerprint density at radius 3 is 2.81 bits per heavy atom. The number of nitrogens with zero attached hydrogens (tertiary/aromatic N) is 2. The number of fused-ring (bicyclic) bond motifs is 1. The van der Waals surface area contributed by atoms with Crippen molar-refractivity contribution in [3.8, 4) is 5.69 Å². The Morgan fingerprint density at radius 2 is 2.11 bits per heavy atom. The van der Waals surface area contributed by atoms with Gasteiger partial charge in [-0.25, -0.2) is 9.07 Å². The van der Waals surface area contributed by atoms with Crippen molar-refractivity contribution >= 4 is 5.91 Å². The van der Waals surface area contributed by atoms with Crippen molar-refractivity contribution in [3.63, 3.8) is 0 Å². The van der Waals surface area contributed by atoms with Gasteiger partial charge in [-0.2, -0.15) is 5.10 Å². The van der Waals surface area contributed by atoms with E-state index >= 15 is 0 Å². The van der Waals surface area contributed by atoms with Gasteiger partial charge in [0.2, 0.25) is 0 Å². The summed E-state index contributed by atoms with van der Waals surface area (Å²) in [6.45, 7) is 4.98. The second-order valence-electron chi connectivity index (χ2n) is 7.34. The van der Waals surface area contributed by atoms with Crippen molar-refractivity contribution in [2.24, 2.45) is 11.8 Å². The van der Waals surface area contributed by atoms with Crippen LogP contribution in [-0.2, 0) is 9.47 Å². The van der Waals surface area contributed by atoms with E-state index in [-0.39, 0.29) is 29.8 Å². The molecule has 1 N–H and O–H groups in total. The largest absolute Gasteiger partial charge is 0.384 e. The van der Waals surface area contributed by atoms with E-state index in [4.69, 9.17) is 9.47 Å². The Morgan fingerprint density at radius 1 is 1.37 bits per heavy atom. The molecule has 1 saturated carbocycles. The first-order valence-electron chi connectivity index (χ1n) is 9.25. The SMILES string of the molecule is COC[C@@H]1[C@H](NC(=O)c2c(C)nn(-c3ccc(F)cc3)c2C)[C@@H]2CCO[C@H]12. The molecular formula is C20H24FN3O3. The van der Waals surface area contributed by atoms with Crippen LogP contribution in [0.25, 0.3) is 5.69 Å². The highest BCUT2D eigenvalue weighted by molar-refractivity contribution is 5.96. The Bertz CT molecular complexity index is 849. The van der Waals surface area contributed by atoms with Gasteiger partial charge in [-0.05, 0) is 44.5 Å². The lowest BCUT2D eigenvalue weighted by molar-refractivity contribution is -0.0809. The van der Waals surface area contributed by atoms with Crippen molar-refractivity contribution in [1.29, 1.82) is 0 Å². The fourth-order valence-electron chi connectivity index (χ4n) is 4.46. The summed E-state index contributed by atoms with van der Waals surface area (Å²) in [5.41, 5.74) is 2.67. The van der Waals surface area contributed by atoms with Gasteiger partial charge in [-0.15, -0.1) is 0 Å². The Balaban J connectivity index is 1.56. The zero-order valence-corrected chi connectivity index (χ0v) is 15.7. The molecule has 1 saturated heterocycles. The number of amides is 1. The first-order chi connectivity index (χ1) is 13.0. The molecule has 4 atom stereocenters. The molecule has 4 rings (SSSR count). The van der Waals surface area contributed by atoms with Crippen LogP contribution >= 0.6 is 0 Å². The topological polar surface area (TPSA) is 65.4 Å². The maximum atomic E-state index is 13.2. The predicted octanol–water partition coefficient (Wildman–Crippen LogP) is 2.41. The van der Waals surface area contributed by atoms with E-state index in [1.54, 1.807) is 23.9 Å². The molecule has 0 unspecified atom stereocenters. The lowest BCUT2D eigenvalue weighted by atomic mass is 9.67. The van der Waals surface area contributed by atoms with Crippen LogP contribution in [-0.4, -0.2) is 48.2 Å². The number of methoxy groups -OCH3 is 1. The number of ether oxygens (including phenoxy) is 2. The lowest BCUT2D eigenvalue weighted by Crippen LogP contribution is -2.62. The van der Waals surface area contributed by atoms with E-state index in [0.29, 0.717) is 23.8 Å². The summed E-state index contributed by atoms with van der Waals surface area (Å²) in [6.07, 6.45) is 1.14. The molecule has 2 aromatic rings. The number of rotatable bonds is 5. The normalized spacial score (nSPS) is 26.5. The monoisotopic (exact) mass is 373 g/mol. The number of aryl methyl sites for hydroxylation is 1. The van der Waals surface area contributed by atoms with Crippen LogP contribution in [0.5, 0.6) is 0 Å². The molecule has 1 aliphatic carbocycles. The maximum Gasteiger partial charge on any atom is 0.255 e. The first-order valence-corrected chi connectivity index (χ1v) is 9.25. The van der Waals surface area contributed by atoms with Crippen LogP contribution < -0.4 is 5.32 Å². The van der Waals surface area contributed by atoms with E-state index in [0.717, 1.165) is 24.4 Å². The molecule has 1 amide bonds. The molecule has 0 bridgehead atoms. The van der Waals surface area contributed by atoms with Gasteiger partial charge in [-0.1, -0.05) is 0 Å². The van der Waals surface area contributed by atoms with Crippen molar-refractivity contribution in [2.75, 3.05) is 20.3 Å². The van der Waals surface area contributed by atoms with Crippen molar-refractivity contribution in [1.82, 2.24) is 15.1 Å². The van der Waals surface area contributed by atoms with Gasteiger partial charge >= 0.3 is 0 Å². The van der Waals surface area contributed by atoms with Gasteiger partial charge in [0, 0.05) is 31.6 Å². The third-order valence-corrected chi connectivity index (χ3v) is 5.77. The summed E-state index contributed by atoms with van der Waals surface area (Å²) in [5, 5.41) is 7.67. The fraction of sp³-hybridized carbons (Fsp3) is 0.500. The maximum absolute atomic E-state index is 13.2. The standard InChI is InChI=1S/C20H24FN3O3/c1-11-17(12(2)24(23-11)14-6-4-13(21)5-7-14)20(25)22-18-15-8-9-27-19(15)16(18)10-26-3/h4-7,15-16,18-19H,8-10H2,1-3H3,(H,22,25)/t15-,16+,18+,19-/m0/s1. The number of aromatic nitrogens is 2. The number of hydrogen-bond donors (Lipinski definition) is 1. The summed E-state index contributed by atoms with van der Waals surface area (Å²) >= 11 is 0. The van der Waals surface area contributed by atoms with Crippen molar-refractivity contribution < 1.29 is 18.7 Å². The average Bonchev–Trinajstić information content (AvgIpc) is 3.20. The van der Waals surface area contributed by atoms with Crippen LogP contribution in [0.2, 0.25) is 0 Å². The van der Waals surface area contributed by atoms with Gasteiger partial charge in [0.15, 0.2) is 0 Å². The number of benzene rings is 1. The zero-order chi connectivity index (χ0) is 19.1. The molecule has 27 heavy (non-hydrogen) atoms. The molecule has 6 nitrogen and oxygen atoms in total. The summed E-state index contributed by atoms with van der Waals surface area (Å²) in [7, 11) is 1.67. The highest BCUT2D eigenvalue weighted by Crippen LogP contribution is 2.44. The molecule has 144 valence electrons. The zero-order valence-electron chi connectivity index (χ0n) is 15.7. The summed E-state index contributed by atoms with van der Waals surface area (Å²) < 4.78 is 26.0. The van der Waals surface area contributed by atoms with Crippen LogP contribution in [0, 0.1) is 31.5 Å². The number of halogens is 1. The van der Waals surface area contributed by atoms with Crippen molar-refractivity contribution in [2.45, 2.75) is 32.4 Å². The van der Waals surface area contributed by atoms with Gasteiger partial charge in [-0.3, -0.25) is 4.79 Å². The fourth-order valence-corrected chi connectivity index (χ4v) is 4.46. The van der Waals surface area contributed by atoms with Gasteiger partial charge in [0.25, 0.3) is 5.91 Å². The molecule has 1 aliphatic heterocycles. The molecular weight excluding hydrogens is 349 g/mol. The summed E-state index contributed by atoms with van der Waals surface area (Å²) in [6, 6.07) is 6.12. The molecule has 7 heteroatoms. The minimum absolute atomic E-state index is 0.0536. The highest BCUT2D eigenvalue weighted by Gasteiger charge is 2.54. The van der Waals surface area contributed by atoms with Crippen LogP contribution in [0.4, 0.5) is 4.39 Å². The van der Waals surface area contributed by atoms with Crippen LogP contribution in [0.3, 0.4) is 0 Å². The van der Waals surface area contributed by atoms with E-state index in [1.807, 2.05) is 13.8 Å². The van der Waals surface area contributed by atoms with Crippen LogP contribution in [0.1, 0.15) is 28.2 Å². The van der Waals surface area contributed by atoms with E-state index < -0.39 is 0 Å². The number of carbonyl (C=O) groups is 1. The van der Waals surface area contributed by atoms with Crippen molar-refractivity contribution in [3.05, 3.63) is 47.0 Å². The molecule has 0 radical (unpaired) electrons. The smallest absolute Gasteiger partial charge is 0.255 e. The lowest BCUT2D eigenvalue weighted by Gasteiger charge is -2.47. The molecule has 1 aromatic heterocycles. The van der Waals surface area contributed by atoms with Crippen LogP contribution in [0.15, 0.2) is 24.3 Å². The second-order valence-corrected chi connectivity index (χ2v) is 7.34. The van der Waals surface area contributed by atoms with E-state index in [9.17, 15) is 9.18 Å². The number of carbonyl (C=O) groups excluding carboxylic acids is 1. The Kier molecular flexibility index (Phi) is 4.74.